The van der Waals surface area contributed by atoms with Crippen LogP contribution in [0, 0.1) is 5.92 Å². The summed E-state index contributed by atoms with van der Waals surface area (Å²) in [6.07, 6.45) is 3.81. The number of hydrogen-bond donors (Lipinski definition) is 1. The quantitative estimate of drug-likeness (QED) is 0.645. The third kappa shape index (κ3) is 5.61. The Morgan fingerprint density at radius 2 is 2.41 bits per heavy atom. The van der Waals surface area contributed by atoms with Crippen LogP contribution in [0.25, 0.3) is 0 Å². The van der Waals surface area contributed by atoms with Crippen molar-refractivity contribution in [3.63, 3.8) is 0 Å². The van der Waals surface area contributed by atoms with Crippen LogP contribution in [0.3, 0.4) is 0 Å². The molecule has 2 heterocycles. The largest absolute Gasteiger partial charge is 0.355 e. The molecule has 1 N–H and O–H groups in total. The number of nitrogens with zero attached hydrogens (tertiary/aromatic N) is 3. The highest BCUT2D eigenvalue weighted by Gasteiger charge is 2.15. The van der Waals surface area contributed by atoms with Gasteiger partial charge in [0.2, 0.25) is 0 Å². The van der Waals surface area contributed by atoms with E-state index >= 15 is 0 Å². The fourth-order valence-corrected chi connectivity index (χ4v) is 3.74. The van der Waals surface area contributed by atoms with Crippen LogP contribution in [0.2, 0.25) is 0 Å². The fraction of sp³-hybridized carbons (Fsp3) is 0.706. The van der Waals surface area contributed by atoms with Gasteiger partial charge < -0.3 is 15.1 Å². The number of piperidine rings is 1. The Bertz CT molecular complexity index is 444. The van der Waals surface area contributed by atoms with Crippen LogP contribution in [0.5, 0.6) is 0 Å². The number of likely N-dealkylation sites (N-methyl/N-ethyl adjacent to an activating group) is 1. The summed E-state index contributed by atoms with van der Waals surface area (Å²) < 4.78 is 0. The van der Waals surface area contributed by atoms with Crippen molar-refractivity contribution in [1.82, 2.24) is 15.1 Å². The van der Waals surface area contributed by atoms with Crippen LogP contribution in [-0.2, 0) is 6.42 Å². The topological polar surface area (TPSA) is 30.9 Å². The molecule has 0 amide bonds. The highest BCUT2D eigenvalue weighted by molar-refractivity contribution is 7.09. The summed E-state index contributed by atoms with van der Waals surface area (Å²) in [4.78, 5) is 10.6. The molecule has 1 fully saturated rings. The Kier molecular flexibility index (Phi) is 7.19. The van der Waals surface area contributed by atoms with E-state index in [0.29, 0.717) is 0 Å². The zero-order valence-electron chi connectivity index (χ0n) is 14.2. The van der Waals surface area contributed by atoms with Crippen molar-refractivity contribution < 1.29 is 0 Å². The van der Waals surface area contributed by atoms with Crippen LogP contribution >= 0.6 is 11.3 Å². The summed E-state index contributed by atoms with van der Waals surface area (Å²) in [6.45, 7) is 7.94. The first kappa shape index (κ1) is 17.3. The van der Waals surface area contributed by atoms with E-state index in [0.717, 1.165) is 37.9 Å². The number of thiophene rings is 1. The van der Waals surface area contributed by atoms with E-state index in [4.69, 9.17) is 0 Å². The standard InChI is InChI=1S/C17H30N4S/c1-15-6-4-10-21(14-15)12-9-19-17(18-2)20(3)11-8-16-7-5-13-22-16/h5,7,13,15H,4,6,8-12,14H2,1-3H3,(H,18,19). The lowest BCUT2D eigenvalue weighted by Gasteiger charge is -2.31. The van der Waals surface area contributed by atoms with Gasteiger partial charge in [0.15, 0.2) is 5.96 Å². The zero-order valence-corrected chi connectivity index (χ0v) is 15.0. The summed E-state index contributed by atoms with van der Waals surface area (Å²) >= 11 is 1.83. The lowest BCUT2D eigenvalue weighted by atomic mass is 10.0. The molecule has 0 saturated carbocycles. The van der Waals surface area contributed by atoms with Crippen molar-refractivity contribution >= 4 is 17.3 Å². The normalized spacial score (nSPS) is 20.1. The number of aliphatic imine (C=N–C) groups is 1. The van der Waals surface area contributed by atoms with Crippen molar-refractivity contribution in [2.75, 3.05) is 46.8 Å². The monoisotopic (exact) mass is 322 g/mol. The third-order valence-corrected chi connectivity index (χ3v) is 5.24. The van der Waals surface area contributed by atoms with Crippen molar-refractivity contribution in [1.29, 1.82) is 0 Å². The van der Waals surface area contributed by atoms with E-state index < -0.39 is 0 Å². The SMILES string of the molecule is CN=C(NCCN1CCCC(C)C1)N(C)CCc1cccs1. The smallest absolute Gasteiger partial charge is 0.193 e. The second-order valence-electron chi connectivity index (χ2n) is 6.27. The molecule has 0 spiro atoms. The first-order valence-electron chi connectivity index (χ1n) is 8.35. The average Bonchev–Trinajstić information content (AvgIpc) is 3.03. The Morgan fingerprint density at radius 1 is 1.55 bits per heavy atom. The molecule has 124 valence electrons. The van der Waals surface area contributed by atoms with Crippen LogP contribution in [0.4, 0.5) is 0 Å². The Balaban J connectivity index is 1.67. The summed E-state index contributed by atoms with van der Waals surface area (Å²) in [5.41, 5.74) is 0. The van der Waals surface area contributed by atoms with Gasteiger partial charge in [0, 0.05) is 45.2 Å². The molecule has 0 radical (unpaired) electrons. The van der Waals surface area contributed by atoms with E-state index in [1.165, 1.54) is 30.8 Å². The first-order chi connectivity index (χ1) is 10.7. The molecular weight excluding hydrogens is 292 g/mol. The van der Waals surface area contributed by atoms with Crippen molar-refractivity contribution in [3.05, 3.63) is 22.4 Å². The van der Waals surface area contributed by atoms with Gasteiger partial charge in [0.1, 0.15) is 0 Å². The Morgan fingerprint density at radius 3 is 3.09 bits per heavy atom. The molecule has 1 unspecified atom stereocenters. The number of rotatable bonds is 6. The van der Waals surface area contributed by atoms with Crippen LogP contribution in [0.15, 0.2) is 22.5 Å². The summed E-state index contributed by atoms with van der Waals surface area (Å²) in [7, 11) is 3.98. The lowest BCUT2D eigenvalue weighted by molar-refractivity contribution is 0.186. The molecule has 1 atom stereocenters. The van der Waals surface area contributed by atoms with Crippen LogP contribution in [-0.4, -0.2) is 62.6 Å². The molecular formula is C17H30N4S. The highest BCUT2D eigenvalue weighted by Crippen LogP contribution is 2.14. The first-order valence-corrected chi connectivity index (χ1v) is 9.23. The van der Waals surface area contributed by atoms with Crippen molar-refractivity contribution in [2.24, 2.45) is 10.9 Å². The van der Waals surface area contributed by atoms with Gasteiger partial charge >= 0.3 is 0 Å². The Labute approximate surface area is 139 Å². The molecule has 5 heteroatoms. The molecule has 1 saturated heterocycles. The van der Waals surface area contributed by atoms with E-state index in [9.17, 15) is 0 Å². The van der Waals surface area contributed by atoms with Gasteiger partial charge in [0.25, 0.3) is 0 Å². The van der Waals surface area contributed by atoms with Gasteiger partial charge in [0.05, 0.1) is 0 Å². The predicted molar refractivity (Wildman–Crippen MR) is 96.9 cm³/mol. The molecule has 4 nitrogen and oxygen atoms in total. The summed E-state index contributed by atoms with van der Waals surface area (Å²) in [5.74, 6) is 1.85. The molecule has 0 bridgehead atoms. The third-order valence-electron chi connectivity index (χ3n) is 4.30. The molecule has 1 aliphatic heterocycles. The number of nitrogens with one attached hydrogen (secondary N) is 1. The maximum Gasteiger partial charge on any atom is 0.193 e. The van der Waals surface area contributed by atoms with E-state index in [-0.39, 0.29) is 0 Å². The van der Waals surface area contributed by atoms with Crippen molar-refractivity contribution in [3.8, 4) is 0 Å². The zero-order chi connectivity index (χ0) is 15.8. The van der Waals surface area contributed by atoms with Crippen molar-refractivity contribution in [2.45, 2.75) is 26.2 Å². The summed E-state index contributed by atoms with van der Waals surface area (Å²) in [5, 5.41) is 5.64. The van der Waals surface area contributed by atoms with Gasteiger partial charge in [-0.05, 0) is 43.2 Å². The Hall–Kier alpha value is -1.07. The van der Waals surface area contributed by atoms with Crippen LogP contribution in [0.1, 0.15) is 24.6 Å². The van der Waals surface area contributed by atoms with Crippen LogP contribution < -0.4 is 5.32 Å². The molecule has 1 aromatic rings. The van der Waals surface area contributed by atoms with Gasteiger partial charge in [-0.15, -0.1) is 11.3 Å². The minimum Gasteiger partial charge on any atom is -0.355 e. The minimum absolute atomic E-state index is 0.849. The molecule has 1 aromatic heterocycles. The van der Waals surface area contributed by atoms with E-state index in [2.05, 4.69) is 51.6 Å². The molecule has 1 aliphatic rings. The lowest BCUT2D eigenvalue weighted by Crippen LogP contribution is -2.44. The predicted octanol–water partition coefficient (Wildman–Crippen LogP) is 2.53. The minimum atomic E-state index is 0.849. The fourth-order valence-electron chi connectivity index (χ4n) is 3.04. The maximum atomic E-state index is 4.40. The second kappa shape index (κ2) is 9.16. The molecule has 2 rings (SSSR count). The van der Waals surface area contributed by atoms with E-state index in [1.807, 2.05) is 18.4 Å². The average molecular weight is 323 g/mol. The number of likely N-dealkylation sites (tertiary alicyclic amines) is 1. The molecule has 22 heavy (non-hydrogen) atoms. The second-order valence-corrected chi connectivity index (χ2v) is 7.31. The maximum absolute atomic E-state index is 4.40. The van der Waals surface area contributed by atoms with Gasteiger partial charge in [-0.1, -0.05) is 13.0 Å². The van der Waals surface area contributed by atoms with Gasteiger partial charge in [-0.2, -0.15) is 0 Å². The molecule has 0 aromatic carbocycles. The van der Waals surface area contributed by atoms with E-state index in [1.54, 1.807) is 0 Å². The summed E-state index contributed by atoms with van der Waals surface area (Å²) in [6, 6.07) is 4.32. The van der Waals surface area contributed by atoms with Gasteiger partial charge in [-0.3, -0.25) is 4.99 Å². The number of hydrogen-bond acceptors (Lipinski definition) is 3. The molecule has 0 aliphatic carbocycles. The number of guanidine groups is 1. The van der Waals surface area contributed by atoms with Gasteiger partial charge in [-0.25, -0.2) is 0 Å². The highest BCUT2D eigenvalue weighted by atomic mass is 32.1.